The van der Waals surface area contributed by atoms with Gasteiger partial charge in [0.15, 0.2) is 0 Å². The number of hydrogen-bond donors (Lipinski definition) is 3. The molecule has 1 fully saturated rings. The molecule has 0 atom stereocenters. The minimum atomic E-state index is -0.275. The highest BCUT2D eigenvalue weighted by molar-refractivity contribution is 7.98. The van der Waals surface area contributed by atoms with Gasteiger partial charge in [0, 0.05) is 66.3 Å². The van der Waals surface area contributed by atoms with Crippen LogP contribution in [0.4, 0.5) is 5.69 Å². The average Bonchev–Trinajstić information content (AvgIpc) is 2.88. The van der Waals surface area contributed by atoms with E-state index in [4.69, 9.17) is 4.74 Å². The maximum atomic E-state index is 13.4. The number of anilines is 1. The van der Waals surface area contributed by atoms with Crippen molar-refractivity contribution >= 4 is 29.3 Å². The zero-order valence-corrected chi connectivity index (χ0v) is 22.3. The maximum Gasteiger partial charge on any atom is 0.254 e. The normalized spacial score (nSPS) is 13.8. The summed E-state index contributed by atoms with van der Waals surface area (Å²) in [5, 5.41) is 5.75. The largest absolute Gasteiger partial charge is 0.381 e. The van der Waals surface area contributed by atoms with Crippen LogP contribution < -0.4 is 21.1 Å². The van der Waals surface area contributed by atoms with E-state index in [-0.39, 0.29) is 30.5 Å². The molecule has 0 bridgehead atoms. The van der Waals surface area contributed by atoms with Gasteiger partial charge in [-0.2, -0.15) is 0 Å². The topological polar surface area (TPSA) is 104 Å². The van der Waals surface area contributed by atoms with Crippen molar-refractivity contribution in [3.8, 4) is 0 Å². The van der Waals surface area contributed by atoms with Gasteiger partial charge in [0.25, 0.3) is 11.5 Å². The third-order valence-corrected chi connectivity index (χ3v) is 7.30. The number of H-pyrrole nitrogens is 1. The van der Waals surface area contributed by atoms with Crippen molar-refractivity contribution in [1.82, 2.24) is 15.6 Å². The van der Waals surface area contributed by atoms with Crippen LogP contribution >= 0.6 is 11.8 Å². The summed E-state index contributed by atoms with van der Waals surface area (Å²) in [4.78, 5) is 43.7. The molecule has 194 valence electrons. The van der Waals surface area contributed by atoms with E-state index in [0.29, 0.717) is 30.4 Å². The molecule has 1 aromatic heterocycles. The smallest absolute Gasteiger partial charge is 0.254 e. The molecule has 0 spiro atoms. The molecular formula is C27H36N4O4S. The highest BCUT2D eigenvalue weighted by Crippen LogP contribution is 2.30. The second-order valence-corrected chi connectivity index (χ2v) is 9.70. The molecule has 3 rings (SSSR count). The molecule has 0 radical (unpaired) electrons. The van der Waals surface area contributed by atoms with Crippen LogP contribution in [-0.4, -0.2) is 48.9 Å². The van der Waals surface area contributed by atoms with Gasteiger partial charge in [0.05, 0.1) is 0 Å². The van der Waals surface area contributed by atoms with Crippen molar-refractivity contribution < 1.29 is 14.3 Å². The van der Waals surface area contributed by atoms with Crippen LogP contribution in [0.2, 0.25) is 0 Å². The number of hydrogen-bond acceptors (Lipinski definition) is 6. The van der Waals surface area contributed by atoms with Crippen LogP contribution in [0.15, 0.2) is 40.5 Å². The van der Waals surface area contributed by atoms with Crippen molar-refractivity contribution in [1.29, 1.82) is 0 Å². The second kappa shape index (κ2) is 12.8. The van der Waals surface area contributed by atoms with Crippen molar-refractivity contribution in [2.45, 2.75) is 57.6 Å². The fourth-order valence-corrected chi connectivity index (χ4v) is 5.28. The first-order chi connectivity index (χ1) is 17.3. The quantitative estimate of drug-likeness (QED) is 0.333. The molecular weight excluding hydrogens is 476 g/mol. The number of pyridine rings is 1. The zero-order valence-electron chi connectivity index (χ0n) is 21.5. The van der Waals surface area contributed by atoms with E-state index in [1.807, 2.05) is 38.3 Å². The second-order valence-electron chi connectivity index (χ2n) is 8.85. The number of carbonyl (C=O) groups excluding carboxylic acids is 2. The molecule has 36 heavy (non-hydrogen) atoms. The van der Waals surface area contributed by atoms with E-state index in [0.717, 1.165) is 46.8 Å². The lowest BCUT2D eigenvalue weighted by molar-refractivity contribution is -0.116. The first kappa shape index (κ1) is 27.5. The number of rotatable bonds is 10. The van der Waals surface area contributed by atoms with E-state index in [1.165, 1.54) is 17.8 Å². The Bertz CT molecular complexity index is 1170. The number of amides is 2. The summed E-state index contributed by atoms with van der Waals surface area (Å²) in [6, 6.07) is 6.08. The summed E-state index contributed by atoms with van der Waals surface area (Å²) >= 11 is 1.48. The van der Waals surface area contributed by atoms with Crippen LogP contribution in [0.25, 0.3) is 0 Å². The van der Waals surface area contributed by atoms with Gasteiger partial charge >= 0.3 is 0 Å². The van der Waals surface area contributed by atoms with Gasteiger partial charge in [-0.05, 0) is 75.3 Å². The van der Waals surface area contributed by atoms with Crippen LogP contribution in [0, 0.1) is 13.8 Å². The number of aromatic nitrogens is 1. The maximum absolute atomic E-state index is 13.4. The van der Waals surface area contributed by atoms with Crippen LogP contribution in [0.1, 0.15) is 52.5 Å². The van der Waals surface area contributed by atoms with E-state index in [1.54, 1.807) is 0 Å². The predicted molar refractivity (Wildman–Crippen MR) is 145 cm³/mol. The third kappa shape index (κ3) is 6.59. The first-order valence-electron chi connectivity index (χ1n) is 12.2. The van der Waals surface area contributed by atoms with Gasteiger partial charge in [-0.1, -0.05) is 6.58 Å². The molecule has 2 aromatic rings. The fraction of sp³-hybridized carbons (Fsp3) is 0.444. The van der Waals surface area contributed by atoms with Gasteiger partial charge in [0.2, 0.25) is 5.91 Å². The monoisotopic (exact) mass is 512 g/mol. The van der Waals surface area contributed by atoms with Crippen LogP contribution in [-0.2, 0) is 22.6 Å². The molecule has 1 aromatic carbocycles. The number of aryl methyl sites for hydroxylation is 1. The third-order valence-electron chi connectivity index (χ3n) is 6.49. The summed E-state index contributed by atoms with van der Waals surface area (Å²) in [6.07, 6.45) is 4.97. The fourth-order valence-electron chi connectivity index (χ4n) is 4.58. The van der Waals surface area contributed by atoms with Crippen molar-refractivity contribution in [2.75, 3.05) is 30.9 Å². The van der Waals surface area contributed by atoms with Gasteiger partial charge in [-0.15, -0.1) is 11.8 Å². The number of benzene rings is 1. The summed E-state index contributed by atoms with van der Waals surface area (Å²) in [5.41, 5.74) is 4.29. The predicted octanol–water partition coefficient (Wildman–Crippen LogP) is 3.45. The molecule has 2 heterocycles. The Morgan fingerprint density at radius 2 is 1.92 bits per heavy atom. The lowest BCUT2D eigenvalue weighted by Crippen LogP contribution is -2.40. The van der Waals surface area contributed by atoms with E-state index < -0.39 is 0 Å². The molecule has 0 aliphatic carbocycles. The molecule has 3 N–H and O–H groups in total. The Labute approximate surface area is 216 Å². The molecule has 1 saturated heterocycles. The Balaban J connectivity index is 1.95. The van der Waals surface area contributed by atoms with Crippen molar-refractivity contribution in [3.63, 3.8) is 0 Å². The summed E-state index contributed by atoms with van der Waals surface area (Å²) in [5.74, 6) is -0.538. The number of nitrogens with zero attached hydrogens (tertiary/aromatic N) is 1. The Morgan fingerprint density at radius 3 is 2.56 bits per heavy atom. The molecule has 2 amide bonds. The Morgan fingerprint density at radius 1 is 1.19 bits per heavy atom. The number of aromatic amines is 1. The van der Waals surface area contributed by atoms with Crippen molar-refractivity contribution in [3.05, 3.63) is 69.2 Å². The average molecular weight is 513 g/mol. The van der Waals surface area contributed by atoms with Gasteiger partial charge in [0.1, 0.15) is 0 Å². The minimum Gasteiger partial charge on any atom is -0.381 e. The lowest BCUT2D eigenvalue weighted by atomic mass is 9.98. The lowest BCUT2D eigenvalue weighted by Gasteiger charge is -2.37. The number of carbonyl (C=O) groups is 2. The summed E-state index contributed by atoms with van der Waals surface area (Å²) in [7, 11) is 0. The molecule has 1 aliphatic heterocycles. The van der Waals surface area contributed by atoms with Gasteiger partial charge < -0.3 is 25.3 Å². The summed E-state index contributed by atoms with van der Waals surface area (Å²) < 4.78 is 5.56. The molecule has 9 heteroatoms. The summed E-state index contributed by atoms with van der Waals surface area (Å²) in [6.45, 7) is 12.0. The Hall–Kier alpha value is -3.04. The standard InChI is InChI=1S/C27H36N4O4S/c1-6-25(32)28-15-19-13-21(18(4)23(14-19)31(7-2)20-8-10-35-11-9-20)26(33)29-16-22-24(36-5)12-17(3)30-27(22)34/h6,12-14,20H,1,7-11,15-16H2,2-5H3,(H,28,32)(H,29,33)(H,30,34). The van der Waals surface area contributed by atoms with E-state index >= 15 is 0 Å². The minimum absolute atomic E-state index is 0.119. The number of ether oxygens (including phenoxy) is 1. The molecule has 0 saturated carbocycles. The van der Waals surface area contributed by atoms with Crippen LogP contribution in [0.5, 0.6) is 0 Å². The van der Waals surface area contributed by atoms with Crippen LogP contribution in [0.3, 0.4) is 0 Å². The number of thioether (sulfide) groups is 1. The molecule has 0 unspecified atom stereocenters. The SMILES string of the molecule is C=CC(=O)NCc1cc(C(=O)NCc2c(SC)cc(C)[nH]c2=O)c(C)c(N(CC)C2CCOCC2)c1. The highest BCUT2D eigenvalue weighted by Gasteiger charge is 2.25. The Kier molecular flexibility index (Phi) is 9.78. The van der Waals surface area contributed by atoms with E-state index in [9.17, 15) is 14.4 Å². The van der Waals surface area contributed by atoms with Crippen molar-refractivity contribution in [2.24, 2.45) is 0 Å². The molecule has 1 aliphatic rings. The van der Waals surface area contributed by atoms with E-state index in [2.05, 4.69) is 34.0 Å². The highest BCUT2D eigenvalue weighted by atomic mass is 32.2. The number of nitrogens with one attached hydrogen (secondary N) is 3. The molecule has 8 nitrogen and oxygen atoms in total. The first-order valence-corrected chi connectivity index (χ1v) is 13.4. The zero-order chi connectivity index (χ0) is 26.2. The van der Waals surface area contributed by atoms with Gasteiger partial charge in [-0.25, -0.2) is 0 Å². The van der Waals surface area contributed by atoms with Gasteiger partial charge in [-0.3, -0.25) is 14.4 Å².